The Labute approximate surface area is 195 Å². The third-order valence-corrected chi connectivity index (χ3v) is 5.98. The van der Waals surface area contributed by atoms with Gasteiger partial charge < -0.3 is 9.15 Å². The Balaban J connectivity index is 1.60. The molecule has 3 aromatic rings. The van der Waals surface area contributed by atoms with Crippen LogP contribution in [-0.2, 0) is 4.79 Å². The summed E-state index contributed by atoms with van der Waals surface area (Å²) < 4.78 is 11.3. The molecule has 1 fully saturated rings. The predicted octanol–water partition coefficient (Wildman–Crippen LogP) is 5.18. The number of hydrogen-bond acceptors (Lipinski definition) is 9. The van der Waals surface area contributed by atoms with Gasteiger partial charge in [0.15, 0.2) is 4.32 Å². The molecule has 1 aliphatic rings. The number of non-ortho nitro benzene ring substituents is 2. The molecule has 0 aliphatic carbocycles. The molecule has 33 heavy (non-hydrogen) atoms. The monoisotopic (exact) mass is 483 g/mol. The van der Waals surface area contributed by atoms with Crippen LogP contribution < -0.4 is 9.64 Å². The van der Waals surface area contributed by atoms with Crippen LogP contribution in [0.25, 0.3) is 17.4 Å². The first-order chi connectivity index (χ1) is 15.8. The highest BCUT2D eigenvalue weighted by Gasteiger charge is 2.33. The number of rotatable bonds is 6. The lowest BCUT2D eigenvalue weighted by Gasteiger charge is -2.13. The minimum absolute atomic E-state index is 0.0930. The van der Waals surface area contributed by atoms with Crippen LogP contribution >= 0.6 is 24.0 Å². The molecule has 1 aliphatic heterocycles. The lowest BCUT2D eigenvalue weighted by Crippen LogP contribution is -2.27. The molecule has 0 atom stereocenters. The summed E-state index contributed by atoms with van der Waals surface area (Å²) in [5, 5.41) is 21.8. The van der Waals surface area contributed by atoms with Crippen molar-refractivity contribution in [3.63, 3.8) is 0 Å². The normalized spacial score (nSPS) is 14.7. The zero-order valence-corrected chi connectivity index (χ0v) is 18.4. The van der Waals surface area contributed by atoms with E-state index in [1.807, 2.05) is 0 Å². The number of ether oxygens (including phenoxy) is 1. The van der Waals surface area contributed by atoms with Gasteiger partial charge in [-0.3, -0.25) is 29.9 Å². The van der Waals surface area contributed by atoms with E-state index in [1.165, 1.54) is 60.6 Å². The minimum Gasteiger partial charge on any atom is -0.496 e. The lowest BCUT2D eigenvalue weighted by atomic mass is 10.1. The number of thioether (sulfide) groups is 1. The summed E-state index contributed by atoms with van der Waals surface area (Å²) in [4.78, 5) is 35.3. The highest BCUT2D eigenvalue weighted by atomic mass is 32.2. The van der Waals surface area contributed by atoms with E-state index in [2.05, 4.69) is 0 Å². The van der Waals surface area contributed by atoms with Gasteiger partial charge in [0, 0.05) is 24.3 Å². The highest BCUT2D eigenvalue weighted by Crippen LogP contribution is 2.38. The van der Waals surface area contributed by atoms with Crippen LogP contribution in [0, 0.1) is 20.2 Å². The molecule has 1 amide bonds. The molecular formula is C21H13N3O7S2. The summed E-state index contributed by atoms with van der Waals surface area (Å²) in [5.41, 5.74) is 0.727. The number of hydrogen-bond donors (Lipinski definition) is 0. The van der Waals surface area contributed by atoms with Gasteiger partial charge in [0.2, 0.25) is 0 Å². The minimum atomic E-state index is -0.525. The maximum Gasteiger partial charge on any atom is 0.273 e. The second kappa shape index (κ2) is 8.84. The van der Waals surface area contributed by atoms with E-state index in [9.17, 15) is 25.0 Å². The molecule has 0 spiro atoms. The topological polar surface area (TPSA) is 129 Å². The highest BCUT2D eigenvalue weighted by molar-refractivity contribution is 8.27. The molecular weight excluding hydrogens is 470 g/mol. The maximum atomic E-state index is 12.9. The summed E-state index contributed by atoms with van der Waals surface area (Å²) in [6.45, 7) is 0. The number of anilines is 1. The number of carbonyl (C=O) groups excluding carboxylic acids is 1. The first-order valence-corrected chi connectivity index (χ1v) is 10.5. The van der Waals surface area contributed by atoms with Gasteiger partial charge in [0.1, 0.15) is 17.3 Å². The Morgan fingerprint density at radius 3 is 2.33 bits per heavy atom. The van der Waals surface area contributed by atoms with Crippen molar-refractivity contribution in [3.8, 4) is 17.1 Å². The molecule has 10 nitrogen and oxygen atoms in total. The molecule has 2 heterocycles. The smallest absolute Gasteiger partial charge is 0.273 e. The Morgan fingerprint density at radius 1 is 1.03 bits per heavy atom. The lowest BCUT2D eigenvalue weighted by molar-refractivity contribution is -0.385. The Hall–Kier alpha value is -4.03. The summed E-state index contributed by atoms with van der Waals surface area (Å²) in [6.07, 6.45) is 1.53. The number of amides is 1. The SMILES string of the molecule is COc1cc([N+](=O)[O-])ccc1-c1ccc(/C=C2/SC(=S)N(c3ccc([N+](=O)[O-])cc3)C2=O)o1. The van der Waals surface area contributed by atoms with E-state index in [-0.39, 0.29) is 27.4 Å². The van der Waals surface area contributed by atoms with Gasteiger partial charge in [0.25, 0.3) is 17.3 Å². The van der Waals surface area contributed by atoms with Gasteiger partial charge >= 0.3 is 0 Å². The average Bonchev–Trinajstić information content (AvgIpc) is 3.37. The first-order valence-electron chi connectivity index (χ1n) is 9.23. The zero-order valence-electron chi connectivity index (χ0n) is 16.8. The largest absolute Gasteiger partial charge is 0.496 e. The van der Waals surface area contributed by atoms with Crippen molar-refractivity contribution in [1.29, 1.82) is 0 Å². The van der Waals surface area contributed by atoms with Crippen LogP contribution in [-0.4, -0.2) is 27.2 Å². The van der Waals surface area contributed by atoms with E-state index in [0.717, 1.165) is 11.8 Å². The fourth-order valence-electron chi connectivity index (χ4n) is 3.12. The van der Waals surface area contributed by atoms with Crippen LogP contribution in [0.3, 0.4) is 0 Å². The molecule has 0 bridgehead atoms. The van der Waals surface area contributed by atoms with Crippen molar-refractivity contribution in [2.24, 2.45) is 0 Å². The molecule has 166 valence electrons. The predicted molar refractivity (Wildman–Crippen MR) is 126 cm³/mol. The molecule has 1 saturated heterocycles. The van der Waals surface area contributed by atoms with Gasteiger partial charge in [-0.15, -0.1) is 0 Å². The molecule has 0 radical (unpaired) electrons. The second-order valence-electron chi connectivity index (χ2n) is 6.63. The van der Waals surface area contributed by atoms with Crippen LogP contribution in [0.1, 0.15) is 5.76 Å². The Bertz CT molecular complexity index is 1330. The van der Waals surface area contributed by atoms with Crippen molar-refractivity contribution in [2.75, 3.05) is 12.0 Å². The third kappa shape index (κ3) is 4.33. The number of nitrogens with zero attached hydrogens (tertiary/aromatic N) is 3. The standard InChI is InChI=1S/C21H13N3O7S2/c1-30-18-10-14(24(28)29)6-8-16(18)17-9-7-15(31-17)11-19-20(25)22(21(32)33-19)12-2-4-13(5-3-12)23(26)27/h2-11H,1H3/b19-11+. The summed E-state index contributed by atoms with van der Waals surface area (Å²) in [6, 6.07) is 13.0. The Morgan fingerprint density at radius 2 is 1.70 bits per heavy atom. The van der Waals surface area contributed by atoms with E-state index >= 15 is 0 Å². The van der Waals surface area contributed by atoms with Gasteiger partial charge in [-0.2, -0.15) is 0 Å². The fourth-order valence-corrected chi connectivity index (χ4v) is 4.39. The first kappa shape index (κ1) is 22.2. The van der Waals surface area contributed by atoms with E-state index < -0.39 is 9.85 Å². The number of methoxy groups -OCH3 is 1. The summed E-state index contributed by atoms with van der Waals surface area (Å²) in [7, 11) is 1.40. The van der Waals surface area contributed by atoms with Gasteiger partial charge in [0.05, 0.1) is 39.2 Å². The molecule has 0 saturated carbocycles. The fraction of sp³-hybridized carbons (Fsp3) is 0.0476. The Kier molecular flexibility index (Phi) is 5.94. The van der Waals surface area contributed by atoms with Gasteiger partial charge in [-0.05, 0) is 30.3 Å². The van der Waals surface area contributed by atoms with E-state index in [4.69, 9.17) is 21.4 Å². The number of benzene rings is 2. The van der Waals surface area contributed by atoms with Crippen LogP contribution in [0.5, 0.6) is 5.75 Å². The molecule has 12 heteroatoms. The summed E-state index contributed by atoms with van der Waals surface area (Å²) >= 11 is 6.39. The molecule has 1 aromatic heterocycles. The van der Waals surface area contributed by atoms with Crippen LogP contribution in [0.15, 0.2) is 63.9 Å². The van der Waals surface area contributed by atoms with Crippen molar-refractivity contribution >= 4 is 57.3 Å². The summed E-state index contributed by atoms with van der Waals surface area (Å²) in [5.74, 6) is 0.660. The van der Waals surface area contributed by atoms with Crippen LogP contribution in [0.4, 0.5) is 17.1 Å². The number of thiocarbonyl (C=S) groups is 1. The van der Waals surface area contributed by atoms with E-state index in [1.54, 1.807) is 12.1 Å². The van der Waals surface area contributed by atoms with Crippen molar-refractivity contribution in [1.82, 2.24) is 0 Å². The average molecular weight is 483 g/mol. The molecule has 0 N–H and O–H groups in total. The van der Waals surface area contributed by atoms with Crippen molar-refractivity contribution < 1.29 is 23.8 Å². The maximum absolute atomic E-state index is 12.9. The van der Waals surface area contributed by atoms with Crippen molar-refractivity contribution in [2.45, 2.75) is 0 Å². The number of furan rings is 1. The third-order valence-electron chi connectivity index (χ3n) is 4.67. The molecule has 4 rings (SSSR count). The molecule has 2 aromatic carbocycles. The second-order valence-corrected chi connectivity index (χ2v) is 8.31. The zero-order chi connectivity index (χ0) is 23.7. The van der Waals surface area contributed by atoms with Gasteiger partial charge in [-0.25, -0.2) is 0 Å². The van der Waals surface area contributed by atoms with Crippen molar-refractivity contribution in [3.05, 3.63) is 85.5 Å². The van der Waals surface area contributed by atoms with Gasteiger partial charge in [-0.1, -0.05) is 24.0 Å². The van der Waals surface area contributed by atoms with E-state index in [0.29, 0.717) is 27.7 Å². The number of nitro benzene ring substituents is 2. The quantitative estimate of drug-likeness (QED) is 0.201. The number of nitro groups is 2. The molecule has 0 unspecified atom stereocenters. The number of carbonyl (C=O) groups is 1. The van der Waals surface area contributed by atoms with Crippen LogP contribution in [0.2, 0.25) is 0 Å².